The summed E-state index contributed by atoms with van der Waals surface area (Å²) >= 11 is 0. The number of rotatable bonds is 7. The molecular weight excluding hydrogens is 678 g/mol. The molecule has 0 atom stereocenters. The largest absolute Gasteiger partial charge is 1.00 e. The van der Waals surface area contributed by atoms with Crippen molar-refractivity contribution in [2.24, 2.45) is 20.5 Å². The Bertz CT molecular complexity index is 2270. The summed E-state index contributed by atoms with van der Waals surface area (Å²) in [5.41, 5.74) is 2.08. The van der Waals surface area contributed by atoms with Crippen LogP contribution in [0.3, 0.4) is 0 Å². The molecule has 16 heteroatoms. The van der Waals surface area contributed by atoms with E-state index in [1.165, 1.54) is 36.4 Å². The molecule has 6 aromatic carbocycles. The first-order chi connectivity index (χ1) is 21.9. The van der Waals surface area contributed by atoms with E-state index < -0.39 is 30.0 Å². The van der Waals surface area contributed by atoms with E-state index in [0.717, 1.165) is 23.3 Å². The Morgan fingerprint density at radius 3 is 1.15 bits per heavy atom. The number of benzene rings is 6. The van der Waals surface area contributed by atoms with Gasteiger partial charge in [0, 0.05) is 10.8 Å². The minimum Gasteiger partial charge on any atom is -0.744 e. The summed E-state index contributed by atoms with van der Waals surface area (Å²) in [7, 11) is -9.69. The van der Waals surface area contributed by atoms with Crippen LogP contribution >= 0.6 is 0 Å². The third-order valence-corrected chi connectivity index (χ3v) is 8.81. The maximum absolute atomic E-state index is 11.8. The average molecular weight is 699 g/mol. The van der Waals surface area contributed by atoms with Crippen LogP contribution in [-0.4, -0.2) is 36.2 Å². The van der Waals surface area contributed by atoms with Crippen LogP contribution in [0.1, 0.15) is 0 Å². The quantitative estimate of drug-likeness (QED) is 0.142. The van der Waals surface area contributed by atoms with Crippen molar-refractivity contribution < 1.29 is 95.3 Å². The number of nitrogens with zero attached hydrogens (tertiary/aromatic N) is 4. The summed E-state index contributed by atoms with van der Waals surface area (Å²) < 4.78 is 70.9. The van der Waals surface area contributed by atoms with Crippen molar-refractivity contribution in [1.82, 2.24) is 0 Å². The molecule has 6 rings (SSSR count). The van der Waals surface area contributed by atoms with Gasteiger partial charge < -0.3 is 19.3 Å². The Labute approximate surface area is 319 Å². The molecule has 230 valence electrons. The van der Waals surface area contributed by atoms with Gasteiger partial charge in [0.1, 0.15) is 43.1 Å². The summed E-state index contributed by atoms with van der Waals surface area (Å²) in [5.74, 6) is -0.680. The summed E-state index contributed by atoms with van der Waals surface area (Å²) in [6.07, 6.45) is 0. The van der Waals surface area contributed by atoms with Crippen LogP contribution in [0, 0.1) is 0 Å². The fourth-order valence-corrected chi connectivity index (χ4v) is 6.33. The van der Waals surface area contributed by atoms with Crippen molar-refractivity contribution >= 4 is 64.5 Å². The number of aromatic hydroxyl groups is 2. The zero-order chi connectivity index (χ0) is 32.6. The molecule has 0 amide bonds. The SMILES string of the molecule is O=S(=O)([O-])c1cccc2ccc(O)c(N=Nc3ccc(-c4ccc(N=Nc5c(O)ccc6cccc(S(=O)(=O)[O-])c56)cc4)cc3)c12.[Na+].[Na+]. The van der Waals surface area contributed by atoms with Gasteiger partial charge in [-0.1, -0.05) is 60.7 Å². The Balaban J connectivity index is 0.00000260. The Morgan fingerprint density at radius 2 is 0.812 bits per heavy atom. The second-order valence-corrected chi connectivity index (χ2v) is 12.7. The zero-order valence-electron chi connectivity index (χ0n) is 25.3. The fraction of sp³-hybridized carbons (Fsp3) is 0. The number of hydrogen-bond acceptors (Lipinski definition) is 12. The van der Waals surface area contributed by atoms with Crippen molar-refractivity contribution in [2.75, 3.05) is 0 Å². The smallest absolute Gasteiger partial charge is 0.744 e. The fourth-order valence-electron chi connectivity index (χ4n) is 4.91. The van der Waals surface area contributed by atoms with Crippen molar-refractivity contribution in [3.8, 4) is 22.6 Å². The zero-order valence-corrected chi connectivity index (χ0v) is 31.0. The number of azo groups is 2. The first kappa shape index (κ1) is 37.3. The van der Waals surface area contributed by atoms with E-state index in [1.807, 2.05) is 0 Å². The number of phenolic OH excluding ortho intramolecular Hbond substituents is 2. The predicted molar refractivity (Wildman–Crippen MR) is 167 cm³/mol. The first-order valence-electron chi connectivity index (χ1n) is 13.4. The second-order valence-electron chi connectivity index (χ2n) is 9.98. The molecule has 0 aliphatic rings. The maximum Gasteiger partial charge on any atom is 1.00 e. The maximum atomic E-state index is 11.8. The normalized spacial score (nSPS) is 12.0. The van der Waals surface area contributed by atoms with E-state index in [9.17, 15) is 36.2 Å². The van der Waals surface area contributed by atoms with Gasteiger partial charge in [-0.15, -0.1) is 10.2 Å². The van der Waals surface area contributed by atoms with Crippen LogP contribution in [0.2, 0.25) is 0 Å². The molecule has 0 saturated carbocycles. The molecule has 0 fully saturated rings. The van der Waals surface area contributed by atoms with Gasteiger partial charge in [0.05, 0.1) is 21.2 Å². The van der Waals surface area contributed by atoms with Crippen LogP contribution in [-0.2, 0) is 20.2 Å². The van der Waals surface area contributed by atoms with E-state index in [1.54, 1.807) is 60.7 Å². The van der Waals surface area contributed by atoms with Crippen LogP contribution in [0.4, 0.5) is 22.7 Å². The van der Waals surface area contributed by atoms with Gasteiger partial charge in [0.2, 0.25) is 0 Å². The Morgan fingerprint density at radius 1 is 0.458 bits per heavy atom. The molecule has 12 nitrogen and oxygen atoms in total. The van der Waals surface area contributed by atoms with Crippen molar-refractivity contribution in [2.45, 2.75) is 9.79 Å². The topological polar surface area (TPSA) is 204 Å². The van der Waals surface area contributed by atoms with Crippen LogP contribution < -0.4 is 59.1 Å². The second kappa shape index (κ2) is 14.9. The molecule has 0 saturated heterocycles. The summed E-state index contributed by atoms with van der Waals surface area (Å²) in [5, 5.41) is 37.9. The molecule has 6 aromatic rings. The Kier molecular flexibility index (Phi) is 11.6. The van der Waals surface area contributed by atoms with Gasteiger partial charge in [0.25, 0.3) is 0 Å². The van der Waals surface area contributed by atoms with Crippen LogP contribution in [0.5, 0.6) is 11.5 Å². The molecule has 0 unspecified atom stereocenters. The number of hydrogen-bond donors (Lipinski definition) is 2. The van der Waals surface area contributed by atoms with Gasteiger partial charge in [-0.2, -0.15) is 10.2 Å². The molecule has 0 heterocycles. The van der Waals surface area contributed by atoms with E-state index in [4.69, 9.17) is 0 Å². The predicted octanol–water partition coefficient (Wildman–Crippen LogP) is 1.72. The molecule has 2 N–H and O–H groups in total. The van der Waals surface area contributed by atoms with Gasteiger partial charge in [-0.05, 0) is 70.4 Å². The van der Waals surface area contributed by atoms with Crippen LogP contribution in [0.25, 0.3) is 32.7 Å². The summed E-state index contributed by atoms with van der Waals surface area (Å²) in [4.78, 5) is -1.02. The van der Waals surface area contributed by atoms with Crippen molar-refractivity contribution in [3.05, 3.63) is 109 Å². The third kappa shape index (κ3) is 7.84. The molecule has 0 radical (unpaired) electrons. The molecule has 0 bridgehead atoms. The van der Waals surface area contributed by atoms with E-state index in [-0.39, 0.29) is 92.8 Å². The first-order valence-corrected chi connectivity index (χ1v) is 16.2. The minimum absolute atomic E-state index is 0. The molecule has 0 spiro atoms. The van der Waals surface area contributed by atoms with Gasteiger partial charge in [-0.25, -0.2) is 16.8 Å². The molecule has 0 aliphatic heterocycles. The van der Waals surface area contributed by atoms with Crippen molar-refractivity contribution in [1.29, 1.82) is 0 Å². The van der Waals surface area contributed by atoms with E-state index in [2.05, 4.69) is 20.5 Å². The monoisotopic (exact) mass is 698 g/mol. The van der Waals surface area contributed by atoms with E-state index in [0.29, 0.717) is 22.1 Å². The van der Waals surface area contributed by atoms with Gasteiger partial charge >= 0.3 is 59.1 Å². The van der Waals surface area contributed by atoms with Gasteiger partial charge in [0.15, 0.2) is 0 Å². The van der Waals surface area contributed by atoms with Gasteiger partial charge in [-0.3, -0.25) is 0 Å². The molecule has 0 aliphatic carbocycles. The van der Waals surface area contributed by atoms with E-state index >= 15 is 0 Å². The Hall–Kier alpha value is -3.54. The number of fused-ring (bicyclic) bond motifs is 2. The third-order valence-electron chi connectivity index (χ3n) is 7.05. The number of phenols is 2. The van der Waals surface area contributed by atoms with Crippen LogP contribution in [0.15, 0.2) is 139 Å². The molecular formula is C32H20N4Na2O8S2. The standard InChI is InChI=1S/C32H22N4O8S2.2Na/c37-25-17-11-21-3-1-5-27(45(39,40)41)29(21)31(25)35-33-23-13-7-19(8-14-23)20-9-15-24(16-10-20)34-36-32-26(38)18-12-22-4-2-6-28(30(22)32)46(42,43)44;;/h1-18,37-38H,(H,39,40,41)(H,42,43,44);;/q;2*+1/p-2. The minimum atomic E-state index is -4.85. The summed E-state index contributed by atoms with van der Waals surface area (Å²) in [6, 6.07) is 27.6. The van der Waals surface area contributed by atoms with Crippen molar-refractivity contribution in [3.63, 3.8) is 0 Å². The average Bonchev–Trinajstić information content (AvgIpc) is 3.03. The molecule has 0 aromatic heterocycles. The molecule has 48 heavy (non-hydrogen) atoms. The summed E-state index contributed by atoms with van der Waals surface area (Å²) in [6.45, 7) is 0.